The Hall–Kier alpha value is -2.98. The summed E-state index contributed by atoms with van der Waals surface area (Å²) in [5.41, 5.74) is 0.500. The smallest absolute Gasteiger partial charge is 0.264 e. The first-order valence-electron chi connectivity index (χ1n) is 13.0. The molecular formula is C29H32Cl3N3O5S. The number of amides is 2. The lowest BCUT2D eigenvalue weighted by molar-refractivity contribution is -0.140. The molecule has 0 radical (unpaired) electrons. The Morgan fingerprint density at radius 1 is 0.951 bits per heavy atom. The molecule has 0 aromatic heterocycles. The van der Waals surface area contributed by atoms with E-state index in [9.17, 15) is 18.0 Å². The molecule has 8 nitrogen and oxygen atoms in total. The molecule has 0 saturated carbocycles. The summed E-state index contributed by atoms with van der Waals surface area (Å²) in [6.07, 6.45) is 0.958. The van der Waals surface area contributed by atoms with Gasteiger partial charge in [-0.3, -0.25) is 13.9 Å². The SMILES string of the molecule is CCCNC(=O)[C@H](CC)N(Cc1c(Cl)cccc1Cl)C(=O)CN(c1cc(Cl)ccc1OC)S(=O)(=O)c1ccccc1. The molecule has 12 heteroatoms. The van der Waals surface area contributed by atoms with Gasteiger partial charge in [-0.05, 0) is 55.3 Å². The standard InChI is InChI=1S/C29H32Cl3N3O5S/c1-4-16-33-29(37)25(5-2)34(18-22-23(31)12-9-13-24(22)32)28(36)19-35(26-17-20(30)14-15-27(26)40-3)41(38,39)21-10-7-6-8-11-21/h6-15,17,25H,4-5,16,18-19H2,1-3H3,(H,33,37)/t25-/m0/s1. The van der Waals surface area contributed by atoms with Gasteiger partial charge in [0, 0.05) is 33.7 Å². The lowest BCUT2D eigenvalue weighted by Crippen LogP contribution is -2.52. The van der Waals surface area contributed by atoms with Crippen LogP contribution in [0.5, 0.6) is 5.75 Å². The number of hydrogen-bond donors (Lipinski definition) is 1. The normalized spacial score (nSPS) is 12.0. The molecule has 0 saturated heterocycles. The minimum atomic E-state index is -4.29. The molecule has 3 aromatic carbocycles. The number of ether oxygens (including phenoxy) is 1. The van der Waals surface area contributed by atoms with Gasteiger partial charge < -0.3 is 15.0 Å². The lowest BCUT2D eigenvalue weighted by Gasteiger charge is -2.34. The summed E-state index contributed by atoms with van der Waals surface area (Å²) >= 11 is 19.1. The quantitative estimate of drug-likeness (QED) is 0.241. The van der Waals surface area contributed by atoms with Crippen LogP contribution >= 0.6 is 34.8 Å². The van der Waals surface area contributed by atoms with E-state index in [1.54, 1.807) is 49.4 Å². The maximum absolute atomic E-state index is 14.2. The van der Waals surface area contributed by atoms with E-state index in [1.807, 2.05) is 6.92 Å². The topological polar surface area (TPSA) is 96.0 Å². The number of carbonyl (C=O) groups is 2. The van der Waals surface area contributed by atoms with Crippen LogP contribution in [0.2, 0.25) is 15.1 Å². The molecule has 0 heterocycles. The summed E-state index contributed by atoms with van der Waals surface area (Å²) in [6.45, 7) is 3.31. The highest BCUT2D eigenvalue weighted by atomic mass is 35.5. The zero-order valence-electron chi connectivity index (χ0n) is 22.9. The molecule has 1 N–H and O–H groups in total. The molecule has 0 aliphatic rings. The third-order valence-corrected chi connectivity index (χ3v) is 9.06. The first-order valence-corrected chi connectivity index (χ1v) is 15.5. The van der Waals surface area contributed by atoms with Gasteiger partial charge in [-0.25, -0.2) is 8.42 Å². The van der Waals surface area contributed by atoms with Crippen molar-refractivity contribution >= 4 is 62.3 Å². The second-order valence-electron chi connectivity index (χ2n) is 9.08. The fourth-order valence-electron chi connectivity index (χ4n) is 4.23. The molecule has 0 aliphatic carbocycles. The predicted molar refractivity (Wildman–Crippen MR) is 163 cm³/mol. The maximum Gasteiger partial charge on any atom is 0.264 e. The van der Waals surface area contributed by atoms with Gasteiger partial charge in [-0.1, -0.05) is 72.9 Å². The van der Waals surface area contributed by atoms with Crippen LogP contribution in [0.3, 0.4) is 0 Å². The van der Waals surface area contributed by atoms with Gasteiger partial charge in [-0.15, -0.1) is 0 Å². The van der Waals surface area contributed by atoms with E-state index >= 15 is 0 Å². The van der Waals surface area contributed by atoms with Gasteiger partial charge in [0.05, 0.1) is 17.7 Å². The van der Waals surface area contributed by atoms with Crippen molar-refractivity contribution in [2.24, 2.45) is 0 Å². The van der Waals surface area contributed by atoms with Gasteiger partial charge in [0.25, 0.3) is 10.0 Å². The molecule has 220 valence electrons. The van der Waals surface area contributed by atoms with Crippen molar-refractivity contribution in [2.75, 3.05) is 24.5 Å². The van der Waals surface area contributed by atoms with Gasteiger partial charge in [0.1, 0.15) is 18.3 Å². The third-order valence-electron chi connectivity index (χ3n) is 6.34. The minimum absolute atomic E-state index is 0.0387. The summed E-state index contributed by atoms with van der Waals surface area (Å²) < 4.78 is 34.4. The molecule has 0 spiro atoms. The van der Waals surface area contributed by atoms with Crippen LogP contribution in [0.15, 0.2) is 71.6 Å². The average Bonchev–Trinajstić information content (AvgIpc) is 2.96. The predicted octanol–water partition coefficient (Wildman–Crippen LogP) is 6.18. The van der Waals surface area contributed by atoms with Crippen LogP contribution < -0.4 is 14.4 Å². The first kappa shape index (κ1) is 32.5. The van der Waals surface area contributed by atoms with Crippen LogP contribution in [0.1, 0.15) is 32.3 Å². The molecule has 1 atom stereocenters. The number of benzene rings is 3. The Morgan fingerprint density at radius 3 is 2.20 bits per heavy atom. The molecule has 41 heavy (non-hydrogen) atoms. The molecule has 3 rings (SSSR count). The molecule has 2 amide bonds. The van der Waals surface area contributed by atoms with Crippen molar-refractivity contribution in [1.29, 1.82) is 0 Å². The summed E-state index contributed by atoms with van der Waals surface area (Å²) in [4.78, 5) is 28.7. The third kappa shape index (κ3) is 7.86. The Morgan fingerprint density at radius 2 is 1.61 bits per heavy atom. The zero-order valence-corrected chi connectivity index (χ0v) is 26.0. The molecule has 0 fully saturated rings. The van der Waals surface area contributed by atoms with E-state index in [4.69, 9.17) is 39.5 Å². The second-order valence-corrected chi connectivity index (χ2v) is 12.2. The highest BCUT2D eigenvalue weighted by Gasteiger charge is 2.35. The van der Waals surface area contributed by atoms with Crippen LogP contribution in [-0.4, -0.2) is 51.4 Å². The lowest BCUT2D eigenvalue weighted by atomic mass is 10.1. The van der Waals surface area contributed by atoms with Crippen LogP contribution in [-0.2, 0) is 26.2 Å². The largest absolute Gasteiger partial charge is 0.495 e. The number of anilines is 1. The Bertz CT molecular complexity index is 1450. The fraction of sp³-hybridized carbons (Fsp3) is 0.310. The monoisotopic (exact) mass is 639 g/mol. The maximum atomic E-state index is 14.2. The van der Waals surface area contributed by atoms with Gasteiger partial charge in [0.2, 0.25) is 11.8 Å². The van der Waals surface area contributed by atoms with Crippen molar-refractivity contribution in [3.63, 3.8) is 0 Å². The van der Waals surface area contributed by atoms with Gasteiger partial charge in [-0.2, -0.15) is 0 Å². The number of hydrogen-bond acceptors (Lipinski definition) is 5. The highest BCUT2D eigenvalue weighted by molar-refractivity contribution is 7.92. The Labute approximate surface area is 256 Å². The van der Waals surface area contributed by atoms with E-state index in [-0.39, 0.29) is 40.2 Å². The molecule has 3 aromatic rings. The number of sulfonamides is 1. The van der Waals surface area contributed by atoms with Gasteiger partial charge in [0.15, 0.2) is 0 Å². The van der Waals surface area contributed by atoms with Crippen LogP contribution in [0.25, 0.3) is 0 Å². The van der Waals surface area contributed by atoms with Gasteiger partial charge >= 0.3 is 0 Å². The number of halogens is 3. The zero-order chi connectivity index (χ0) is 30.2. The summed E-state index contributed by atoms with van der Waals surface area (Å²) in [7, 11) is -2.91. The summed E-state index contributed by atoms with van der Waals surface area (Å²) in [5.74, 6) is -0.833. The number of nitrogens with one attached hydrogen (secondary N) is 1. The van der Waals surface area contributed by atoms with E-state index in [0.29, 0.717) is 28.6 Å². The number of carbonyl (C=O) groups excluding carboxylic acids is 2. The van der Waals surface area contributed by atoms with E-state index in [2.05, 4.69) is 5.32 Å². The minimum Gasteiger partial charge on any atom is -0.495 e. The number of methoxy groups -OCH3 is 1. The van der Waals surface area contributed by atoms with Crippen molar-refractivity contribution in [3.8, 4) is 5.75 Å². The average molecular weight is 641 g/mol. The van der Waals surface area contributed by atoms with E-state index in [0.717, 1.165) is 4.31 Å². The molecule has 0 bridgehead atoms. The summed E-state index contributed by atoms with van der Waals surface area (Å²) in [6, 6.07) is 16.2. The van der Waals surface area contributed by atoms with Crippen LogP contribution in [0.4, 0.5) is 5.69 Å². The van der Waals surface area contributed by atoms with Crippen molar-refractivity contribution in [1.82, 2.24) is 10.2 Å². The van der Waals surface area contributed by atoms with E-state index in [1.165, 1.54) is 36.3 Å². The Balaban J connectivity index is 2.15. The second kappa shape index (κ2) is 14.8. The highest BCUT2D eigenvalue weighted by Crippen LogP contribution is 2.35. The molecule has 0 aliphatic heterocycles. The fourth-order valence-corrected chi connectivity index (χ4v) is 6.35. The summed E-state index contributed by atoms with van der Waals surface area (Å²) in [5, 5.41) is 3.69. The Kier molecular flexibility index (Phi) is 11.7. The number of rotatable bonds is 13. The van der Waals surface area contributed by atoms with Crippen molar-refractivity contribution < 1.29 is 22.7 Å². The first-order chi connectivity index (χ1) is 19.5. The number of nitrogens with zero attached hydrogens (tertiary/aromatic N) is 2. The molecular weight excluding hydrogens is 609 g/mol. The molecule has 0 unspecified atom stereocenters. The van der Waals surface area contributed by atoms with Crippen LogP contribution in [0, 0.1) is 0 Å². The van der Waals surface area contributed by atoms with Crippen molar-refractivity contribution in [3.05, 3.63) is 87.4 Å². The van der Waals surface area contributed by atoms with E-state index < -0.39 is 28.5 Å². The van der Waals surface area contributed by atoms with Crippen molar-refractivity contribution in [2.45, 2.75) is 44.2 Å².